The highest BCUT2D eigenvalue weighted by molar-refractivity contribution is 14.1. The molecule has 1 fully saturated rings. The summed E-state index contributed by atoms with van der Waals surface area (Å²) in [6.07, 6.45) is 3.96. The molecule has 3 rings (SSSR count). The summed E-state index contributed by atoms with van der Waals surface area (Å²) in [7, 11) is 0. The number of fused-ring (bicyclic) bond motifs is 1. The van der Waals surface area contributed by atoms with Crippen LogP contribution in [0.25, 0.3) is 10.9 Å². The van der Waals surface area contributed by atoms with E-state index in [-0.39, 0.29) is 0 Å². The average molecular weight is 431 g/mol. The fourth-order valence-electron chi connectivity index (χ4n) is 2.72. The van der Waals surface area contributed by atoms with Crippen molar-refractivity contribution < 1.29 is 9.53 Å². The predicted octanol–water partition coefficient (Wildman–Crippen LogP) is 4.27. The summed E-state index contributed by atoms with van der Waals surface area (Å²) in [5.74, 6) is -0.430. The summed E-state index contributed by atoms with van der Waals surface area (Å²) >= 11 is 8.71. The molecule has 0 N–H and O–H groups in total. The summed E-state index contributed by atoms with van der Waals surface area (Å²) in [5.41, 5.74) is 2.32. The van der Waals surface area contributed by atoms with Crippen molar-refractivity contribution in [1.82, 2.24) is 4.98 Å². The van der Waals surface area contributed by atoms with Crippen LogP contribution in [0.2, 0.25) is 5.02 Å². The van der Waals surface area contributed by atoms with E-state index in [1.807, 2.05) is 6.07 Å². The Kier molecular flexibility index (Phi) is 4.73. The first-order valence-electron chi connectivity index (χ1n) is 7.31. The fraction of sp³-hybridized carbons (Fsp3) is 0.375. The summed E-state index contributed by atoms with van der Waals surface area (Å²) in [6.45, 7) is 4.25. The van der Waals surface area contributed by atoms with E-state index in [0.29, 0.717) is 17.2 Å². The standard InChI is InChI=1S/C16H16ClIN2O2/c1-2-22-16(21)11-9-19-13-8-14(20-5-3-4-6-20)12(18)7-10(13)15(11)17/h7-9H,2-6H2,1H3. The molecule has 22 heavy (non-hydrogen) atoms. The van der Waals surface area contributed by atoms with Crippen molar-refractivity contribution in [3.05, 3.63) is 32.5 Å². The molecule has 1 saturated heterocycles. The van der Waals surface area contributed by atoms with Crippen molar-refractivity contribution in [1.29, 1.82) is 0 Å². The van der Waals surface area contributed by atoms with E-state index < -0.39 is 5.97 Å². The SMILES string of the molecule is CCOC(=O)c1cnc2cc(N3CCCC3)c(I)cc2c1Cl. The molecular weight excluding hydrogens is 415 g/mol. The lowest BCUT2D eigenvalue weighted by Gasteiger charge is -2.20. The topological polar surface area (TPSA) is 42.4 Å². The zero-order valence-electron chi connectivity index (χ0n) is 12.2. The zero-order valence-corrected chi connectivity index (χ0v) is 15.1. The Morgan fingerprint density at radius 3 is 2.82 bits per heavy atom. The number of nitrogens with zero attached hydrogens (tertiary/aromatic N) is 2. The van der Waals surface area contributed by atoms with Gasteiger partial charge >= 0.3 is 5.97 Å². The third-order valence-electron chi connectivity index (χ3n) is 3.81. The van der Waals surface area contributed by atoms with E-state index >= 15 is 0 Å². The summed E-state index contributed by atoms with van der Waals surface area (Å²) in [6, 6.07) is 4.06. The number of halogens is 2. The number of carbonyl (C=O) groups is 1. The van der Waals surface area contributed by atoms with Crippen molar-refractivity contribution in [2.75, 3.05) is 24.6 Å². The van der Waals surface area contributed by atoms with Gasteiger partial charge in [0.15, 0.2) is 0 Å². The van der Waals surface area contributed by atoms with Gasteiger partial charge in [0, 0.05) is 28.2 Å². The van der Waals surface area contributed by atoms with Crippen LogP contribution in [0.3, 0.4) is 0 Å². The van der Waals surface area contributed by atoms with Gasteiger partial charge in [0.05, 0.1) is 28.4 Å². The number of aromatic nitrogens is 1. The lowest BCUT2D eigenvalue weighted by atomic mass is 10.1. The second kappa shape index (κ2) is 6.58. The van der Waals surface area contributed by atoms with Crippen LogP contribution in [-0.4, -0.2) is 30.6 Å². The molecule has 1 aromatic heterocycles. The lowest BCUT2D eigenvalue weighted by molar-refractivity contribution is 0.0526. The largest absolute Gasteiger partial charge is 0.462 e. The van der Waals surface area contributed by atoms with Crippen LogP contribution in [0.15, 0.2) is 18.3 Å². The number of hydrogen-bond acceptors (Lipinski definition) is 4. The maximum absolute atomic E-state index is 11.9. The van der Waals surface area contributed by atoms with Gasteiger partial charge in [0.25, 0.3) is 0 Å². The Hall–Kier alpha value is -1.08. The molecule has 2 heterocycles. The number of hydrogen-bond donors (Lipinski definition) is 0. The van der Waals surface area contributed by atoms with Crippen LogP contribution in [-0.2, 0) is 4.74 Å². The Bertz CT molecular complexity index is 730. The molecule has 1 aliphatic heterocycles. The second-order valence-corrected chi connectivity index (χ2v) is 6.76. The molecule has 4 nitrogen and oxygen atoms in total. The molecule has 0 unspecified atom stereocenters. The van der Waals surface area contributed by atoms with Crippen LogP contribution in [0.4, 0.5) is 5.69 Å². The van der Waals surface area contributed by atoms with Crippen LogP contribution in [0, 0.1) is 3.57 Å². The molecule has 0 spiro atoms. The van der Waals surface area contributed by atoms with Gasteiger partial charge in [0.1, 0.15) is 0 Å². The van der Waals surface area contributed by atoms with E-state index in [2.05, 4.69) is 38.5 Å². The maximum atomic E-state index is 11.9. The summed E-state index contributed by atoms with van der Waals surface area (Å²) in [5, 5.41) is 1.20. The van der Waals surface area contributed by atoms with E-state index in [4.69, 9.17) is 16.3 Å². The van der Waals surface area contributed by atoms with Gasteiger partial charge in [-0.05, 0) is 54.5 Å². The number of ether oxygens (including phenoxy) is 1. The van der Waals surface area contributed by atoms with Gasteiger partial charge in [-0.25, -0.2) is 4.79 Å². The highest BCUT2D eigenvalue weighted by Crippen LogP contribution is 2.34. The number of pyridine rings is 1. The summed E-state index contributed by atoms with van der Waals surface area (Å²) in [4.78, 5) is 18.7. The Balaban J connectivity index is 2.08. The molecule has 1 aromatic carbocycles. The van der Waals surface area contributed by atoms with Gasteiger partial charge in [-0.15, -0.1) is 0 Å². The van der Waals surface area contributed by atoms with E-state index in [1.54, 1.807) is 6.92 Å². The number of esters is 1. The van der Waals surface area contributed by atoms with Gasteiger partial charge in [-0.2, -0.15) is 0 Å². The minimum absolute atomic E-state index is 0.318. The van der Waals surface area contributed by atoms with Crippen LogP contribution >= 0.6 is 34.2 Å². The lowest BCUT2D eigenvalue weighted by Crippen LogP contribution is -2.18. The molecule has 0 atom stereocenters. The Morgan fingerprint density at radius 1 is 1.41 bits per heavy atom. The van der Waals surface area contributed by atoms with E-state index in [0.717, 1.165) is 27.6 Å². The Labute approximate surface area is 147 Å². The predicted molar refractivity (Wildman–Crippen MR) is 96.9 cm³/mol. The molecule has 116 valence electrons. The van der Waals surface area contributed by atoms with Crippen LogP contribution < -0.4 is 4.90 Å². The van der Waals surface area contributed by atoms with E-state index in [9.17, 15) is 4.79 Å². The molecular formula is C16H16ClIN2O2. The van der Waals surface area contributed by atoms with Crippen molar-refractivity contribution in [2.45, 2.75) is 19.8 Å². The quantitative estimate of drug-likeness (QED) is 0.539. The van der Waals surface area contributed by atoms with Crippen LogP contribution in [0.5, 0.6) is 0 Å². The van der Waals surface area contributed by atoms with E-state index in [1.165, 1.54) is 24.7 Å². The normalized spacial score (nSPS) is 14.6. The van der Waals surface area contributed by atoms with Crippen molar-refractivity contribution >= 4 is 56.8 Å². The van der Waals surface area contributed by atoms with Crippen molar-refractivity contribution in [3.63, 3.8) is 0 Å². The third kappa shape index (κ3) is 2.88. The maximum Gasteiger partial charge on any atom is 0.341 e. The highest BCUT2D eigenvalue weighted by Gasteiger charge is 2.19. The third-order valence-corrected chi connectivity index (χ3v) is 5.08. The molecule has 2 aromatic rings. The molecule has 1 aliphatic rings. The summed E-state index contributed by atoms with van der Waals surface area (Å²) < 4.78 is 6.14. The number of rotatable bonds is 3. The Morgan fingerprint density at radius 2 is 2.14 bits per heavy atom. The average Bonchev–Trinajstić information content (AvgIpc) is 3.02. The van der Waals surface area contributed by atoms with Gasteiger partial charge in [-0.3, -0.25) is 4.98 Å². The number of carbonyl (C=O) groups excluding carboxylic acids is 1. The van der Waals surface area contributed by atoms with Gasteiger partial charge < -0.3 is 9.64 Å². The minimum atomic E-state index is -0.430. The second-order valence-electron chi connectivity index (χ2n) is 5.22. The minimum Gasteiger partial charge on any atom is -0.462 e. The first kappa shape index (κ1) is 15.8. The molecule has 0 aliphatic carbocycles. The number of benzene rings is 1. The highest BCUT2D eigenvalue weighted by atomic mass is 127. The molecule has 0 bridgehead atoms. The van der Waals surface area contributed by atoms with Gasteiger partial charge in [0.2, 0.25) is 0 Å². The first-order valence-corrected chi connectivity index (χ1v) is 8.77. The molecule has 0 radical (unpaired) electrons. The van der Waals surface area contributed by atoms with Crippen molar-refractivity contribution in [2.24, 2.45) is 0 Å². The van der Waals surface area contributed by atoms with Crippen LogP contribution in [0.1, 0.15) is 30.1 Å². The van der Waals surface area contributed by atoms with Crippen molar-refractivity contribution in [3.8, 4) is 0 Å². The van der Waals surface area contributed by atoms with Gasteiger partial charge in [-0.1, -0.05) is 11.6 Å². The first-order chi connectivity index (χ1) is 10.6. The molecule has 6 heteroatoms. The smallest absolute Gasteiger partial charge is 0.341 e. The fourth-order valence-corrected chi connectivity index (χ4v) is 3.81. The molecule has 0 saturated carbocycles. The zero-order chi connectivity index (χ0) is 15.7. The number of anilines is 1. The monoisotopic (exact) mass is 430 g/mol. The molecule has 0 amide bonds.